The van der Waals surface area contributed by atoms with Gasteiger partial charge in [-0.3, -0.25) is 4.98 Å². The lowest BCUT2D eigenvalue weighted by Crippen LogP contribution is -2.38. The fraction of sp³-hybridized carbons (Fsp3) is 0.500. The Bertz CT molecular complexity index is 649. The molecule has 2 heterocycles. The molecular weight excluding hydrogens is 445 g/mol. The lowest BCUT2D eigenvalue weighted by Gasteiger charge is -2.14. The Labute approximate surface area is 171 Å². The number of hydrogen-bond acceptors (Lipinski definition) is 4. The summed E-state index contributed by atoms with van der Waals surface area (Å²) in [5.74, 6) is 0.816. The second-order valence-electron chi connectivity index (χ2n) is 6.57. The van der Waals surface area contributed by atoms with Gasteiger partial charge in [-0.15, -0.1) is 35.3 Å². The lowest BCUT2D eigenvalue weighted by atomic mass is 9.93. The van der Waals surface area contributed by atoms with E-state index >= 15 is 0 Å². The molecule has 0 fully saturated rings. The van der Waals surface area contributed by atoms with Crippen LogP contribution in [0.4, 0.5) is 0 Å². The smallest absolute Gasteiger partial charge is 0.191 e. The Morgan fingerprint density at radius 3 is 2.64 bits per heavy atom. The highest BCUT2D eigenvalue weighted by Gasteiger charge is 2.17. The van der Waals surface area contributed by atoms with E-state index in [0.29, 0.717) is 6.54 Å². The molecule has 0 aliphatic heterocycles. The molecule has 0 aliphatic rings. The molecule has 0 spiro atoms. The first-order valence-electron chi connectivity index (χ1n) is 8.36. The van der Waals surface area contributed by atoms with E-state index in [4.69, 9.17) is 4.98 Å². The van der Waals surface area contributed by atoms with E-state index in [1.807, 2.05) is 18.2 Å². The van der Waals surface area contributed by atoms with Gasteiger partial charge in [0.2, 0.25) is 0 Å². The van der Waals surface area contributed by atoms with Crippen LogP contribution in [-0.2, 0) is 18.4 Å². The second kappa shape index (κ2) is 10.7. The summed E-state index contributed by atoms with van der Waals surface area (Å²) >= 11 is 1.73. The van der Waals surface area contributed by atoms with Gasteiger partial charge >= 0.3 is 0 Å². The quantitative estimate of drug-likeness (QED) is 0.381. The molecule has 0 bridgehead atoms. The molecule has 7 heteroatoms. The Hall–Kier alpha value is -1.22. The SMILES string of the molecule is CCNC(=NCc1ccccn1)NCCc1nc(C(C)(C)C)cs1.I. The van der Waals surface area contributed by atoms with Crippen LogP contribution in [0.25, 0.3) is 0 Å². The maximum Gasteiger partial charge on any atom is 0.191 e. The first-order valence-corrected chi connectivity index (χ1v) is 9.24. The number of nitrogens with one attached hydrogen (secondary N) is 2. The molecule has 0 saturated carbocycles. The number of guanidine groups is 1. The van der Waals surface area contributed by atoms with Gasteiger partial charge in [-0.2, -0.15) is 0 Å². The molecule has 2 aromatic heterocycles. The average Bonchev–Trinajstić information content (AvgIpc) is 3.03. The average molecular weight is 473 g/mol. The van der Waals surface area contributed by atoms with Crippen molar-refractivity contribution in [3.8, 4) is 0 Å². The highest BCUT2D eigenvalue weighted by Crippen LogP contribution is 2.23. The van der Waals surface area contributed by atoms with Crippen LogP contribution >= 0.6 is 35.3 Å². The van der Waals surface area contributed by atoms with Crippen molar-refractivity contribution in [2.45, 2.75) is 46.1 Å². The van der Waals surface area contributed by atoms with E-state index in [-0.39, 0.29) is 29.4 Å². The number of hydrogen-bond donors (Lipinski definition) is 2. The van der Waals surface area contributed by atoms with E-state index in [9.17, 15) is 0 Å². The maximum absolute atomic E-state index is 4.73. The summed E-state index contributed by atoms with van der Waals surface area (Å²) in [6, 6.07) is 5.88. The predicted octanol–water partition coefficient (Wildman–Crippen LogP) is 3.75. The molecule has 0 aliphatic carbocycles. The summed E-state index contributed by atoms with van der Waals surface area (Å²) in [5.41, 5.74) is 2.24. The number of pyridine rings is 1. The molecule has 2 aromatic rings. The third-order valence-electron chi connectivity index (χ3n) is 3.42. The van der Waals surface area contributed by atoms with Gasteiger partial charge in [0.25, 0.3) is 0 Å². The zero-order valence-electron chi connectivity index (χ0n) is 15.4. The number of aromatic nitrogens is 2. The van der Waals surface area contributed by atoms with Crippen molar-refractivity contribution in [2.24, 2.45) is 4.99 Å². The van der Waals surface area contributed by atoms with E-state index < -0.39 is 0 Å². The minimum absolute atomic E-state index is 0. The van der Waals surface area contributed by atoms with Gasteiger partial charge in [0.15, 0.2) is 5.96 Å². The normalized spacial score (nSPS) is 11.8. The van der Waals surface area contributed by atoms with Crippen molar-refractivity contribution in [3.05, 3.63) is 46.2 Å². The highest BCUT2D eigenvalue weighted by molar-refractivity contribution is 14.0. The van der Waals surface area contributed by atoms with Crippen LogP contribution in [0.3, 0.4) is 0 Å². The second-order valence-corrected chi connectivity index (χ2v) is 7.51. The summed E-state index contributed by atoms with van der Waals surface area (Å²) in [6.45, 7) is 10.9. The van der Waals surface area contributed by atoms with Crippen molar-refractivity contribution in [3.63, 3.8) is 0 Å². The van der Waals surface area contributed by atoms with Crippen LogP contribution in [-0.4, -0.2) is 29.0 Å². The van der Waals surface area contributed by atoms with Crippen molar-refractivity contribution < 1.29 is 0 Å². The third kappa shape index (κ3) is 7.68. The summed E-state index contributed by atoms with van der Waals surface area (Å²) in [7, 11) is 0. The number of nitrogens with zero attached hydrogens (tertiary/aromatic N) is 3. The van der Waals surface area contributed by atoms with Crippen molar-refractivity contribution in [1.29, 1.82) is 0 Å². The highest BCUT2D eigenvalue weighted by atomic mass is 127. The Morgan fingerprint density at radius 1 is 1.24 bits per heavy atom. The third-order valence-corrected chi connectivity index (χ3v) is 4.33. The number of aliphatic imine (C=N–C) groups is 1. The van der Waals surface area contributed by atoms with Gasteiger partial charge in [0.1, 0.15) is 0 Å². The summed E-state index contributed by atoms with van der Waals surface area (Å²) < 4.78 is 0. The molecule has 0 saturated heterocycles. The van der Waals surface area contributed by atoms with Gasteiger partial charge in [-0.25, -0.2) is 9.98 Å². The molecule has 5 nitrogen and oxygen atoms in total. The van der Waals surface area contributed by atoms with Crippen molar-refractivity contribution >= 4 is 41.3 Å². The molecule has 2 N–H and O–H groups in total. The van der Waals surface area contributed by atoms with Gasteiger partial charge in [-0.1, -0.05) is 26.8 Å². The fourth-order valence-corrected chi connectivity index (χ4v) is 3.08. The first kappa shape index (κ1) is 21.8. The van der Waals surface area contributed by atoms with E-state index in [1.165, 1.54) is 5.69 Å². The molecular formula is C18H28IN5S. The Balaban J connectivity index is 0.00000312. The Kier molecular flexibility index (Phi) is 9.34. The molecule has 0 radical (unpaired) electrons. The van der Waals surface area contributed by atoms with Crippen molar-refractivity contribution in [2.75, 3.05) is 13.1 Å². The zero-order chi connectivity index (χ0) is 17.4. The largest absolute Gasteiger partial charge is 0.357 e. The summed E-state index contributed by atoms with van der Waals surface area (Å²) in [5, 5.41) is 9.95. The van der Waals surface area contributed by atoms with Gasteiger partial charge in [0.05, 0.1) is 22.9 Å². The fourth-order valence-electron chi connectivity index (χ4n) is 2.05. The van der Waals surface area contributed by atoms with Crippen molar-refractivity contribution in [1.82, 2.24) is 20.6 Å². The molecule has 138 valence electrons. The van der Waals surface area contributed by atoms with E-state index in [1.54, 1.807) is 17.5 Å². The maximum atomic E-state index is 4.73. The van der Waals surface area contributed by atoms with Crippen LogP contribution in [0.5, 0.6) is 0 Å². The van der Waals surface area contributed by atoms with Gasteiger partial charge < -0.3 is 10.6 Å². The van der Waals surface area contributed by atoms with Gasteiger partial charge in [0, 0.05) is 36.5 Å². The number of thiazole rings is 1. The minimum atomic E-state index is 0. The molecule has 0 aromatic carbocycles. The number of halogens is 1. The van der Waals surface area contributed by atoms with E-state index in [0.717, 1.165) is 36.2 Å². The Morgan fingerprint density at radius 2 is 2.04 bits per heavy atom. The minimum Gasteiger partial charge on any atom is -0.357 e. The van der Waals surface area contributed by atoms with Gasteiger partial charge in [-0.05, 0) is 19.1 Å². The molecule has 0 atom stereocenters. The molecule has 0 amide bonds. The summed E-state index contributed by atoms with van der Waals surface area (Å²) in [4.78, 5) is 13.6. The summed E-state index contributed by atoms with van der Waals surface area (Å²) in [6.07, 6.45) is 2.69. The molecule has 0 unspecified atom stereocenters. The predicted molar refractivity (Wildman–Crippen MR) is 117 cm³/mol. The lowest BCUT2D eigenvalue weighted by molar-refractivity contribution is 0.570. The molecule has 25 heavy (non-hydrogen) atoms. The number of rotatable bonds is 6. The first-order chi connectivity index (χ1) is 11.5. The standard InChI is InChI=1S/C18H27N5S.HI/c1-5-19-17(22-12-14-8-6-7-10-20-14)21-11-9-16-23-15(13-24-16)18(2,3)4;/h6-8,10,13H,5,9,11-12H2,1-4H3,(H2,19,21,22);1H. The van der Waals surface area contributed by atoms with E-state index in [2.05, 4.69) is 53.7 Å². The van der Waals surface area contributed by atoms with Crippen LogP contribution in [0, 0.1) is 0 Å². The van der Waals surface area contributed by atoms with Crippen LogP contribution in [0.15, 0.2) is 34.8 Å². The van der Waals surface area contributed by atoms with Crippen LogP contribution in [0.2, 0.25) is 0 Å². The zero-order valence-corrected chi connectivity index (χ0v) is 18.5. The topological polar surface area (TPSA) is 62.2 Å². The monoisotopic (exact) mass is 473 g/mol. The van der Waals surface area contributed by atoms with Crippen LogP contribution < -0.4 is 10.6 Å². The molecule has 2 rings (SSSR count). The van der Waals surface area contributed by atoms with Crippen LogP contribution in [0.1, 0.15) is 44.1 Å².